The molecule has 0 atom stereocenters. The van der Waals surface area contributed by atoms with E-state index in [0.29, 0.717) is 12.8 Å². The molecule has 0 saturated carbocycles. The Morgan fingerprint density at radius 1 is 1.25 bits per heavy atom. The lowest BCUT2D eigenvalue weighted by molar-refractivity contribution is -0.132. The standard InChI is InChI=1S/C9H13NO2/c1-3-8(11)7(5-6-10)9(12)4-2/h7H,3-5H2,1-2H3. The molecule has 12 heavy (non-hydrogen) atoms. The molecule has 66 valence electrons. The average Bonchev–Trinajstić information content (AvgIpc) is 2.11. The molecule has 0 spiro atoms. The molecular weight excluding hydrogens is 154 g/mol. The van der Waals surface area contributed by atoms with Gasteiger partial charge in [0.1, 0.15) is 11.6 Å². The Morgan fingerprint density at radius 3 is 1.92 bits per heavy atom. The average molecular weight is 167 g/mol. The first kappa shape index (κ1) is 10.8. The zero-order valence-corrected chi connectivity index (χ0v) is 7.46. The van der Waals surface area contributed by atoms with Crippen molar-refractivity contribution < 1.29 is 9.59 Å². The van der Waals surface area contributed by atoms with E-state index in [1.165, 1.54) is 0 Å². The van der Waals surface area contributed by atoms with E-state index in [1.54, 1.807) is 13.8 Å². The van der Waals surface area contributed by atoms with Crippen LogP contribution in [0.1, 0.15) is 33.1 Å². The molecule has 0 aliphatic carbocycles. The predicted molar refractivity (Wildman–Crippen MR) is 44.3 cm³/mol. The molecule has 0 unspecified atom stereocenters. The van der Waals surface area contributed by atoms with E-state index < -0.39 is 5.92 Å². The molecule has 0 aliphatic rings. The van der Waals surface area contributed by atoms with Crippen molar-refractivity contribution in [1.82, 2.24) is 0 Å². The summed E-state index contributed by atoms with van der Waals surface area (Å²) in [4.78, 5) is 22.3. The number of ketones is 2. The summed E-state index contributed by atoms with van der Waals surface area (Å²) in [7, 11) is 0. The molecule has 0 bridgehead atoms. The number of nitrogens with zero attached hydrogens (tertiary/aromatic N) is 1. The Bertz CT molecular complexity index is 199. The zero-order chi connectivity index (χ0) is 9.56. The van der Waals surface area contributed by atoms with E-state index in [1.807, 2.05) is 6.07 Å². The molecule has 0 aromatic carbocycles. The van der Waals surface area contributed by atoms with Crippen molar-refractivity contribution >= 4 is 11.6 Å². The zero-order valence-electron chi connectivity index (χ0n) is 7.46. The van der Waals surface area contributed by atoms with E-state index in [0.717, 1.165) is 0 Å². The van der Waals surface area contributed by atoms with Gasteiger partial charge in [-0.05, 0) is 0 Å². The first-order valence-electron chi connectivity index (χ1n) is 4.09. The van der Waals surface area contributed by atoms with Crippen LogP contribution in [0.5, 0.6) is 0 Å². The molecule has 0 aliphatic heterocycles. The largest absolute Gasteiger partial charge is 0.299 e. The van der Waals surface area contributed by atoms with Gasteiger partial charge in [-0.25, -0.2) is 0 Å². The highest BCUT2D eigenvalue weighted by Crippen LogP contribution is 2.09. The third-order valence-corrected chi connectivity index (χ3v) is 1.77. The van der Waals surface area contributed by atoms with Gasteiger partial charge in [-0.3, -0.25) is 9.59 Å². The van der Waals surface area contributed by atoms with Gasteiger partial charge >= 0.3 is 0 Å². The lowest BCUT2D eigenvalue weighted by Gasteiger charge is -2.07. The molecule has 0 rings (SSSR count). The molecular formula is C9H13NO2. The van der Waals surface area contributed by atoms with Gasteiger partial charge in [0.15, 0.2) is 0 Å². The highest BCUT2D eigenvalue weighted by atomic mass is 16.1. The van der Waals surface area contributed by atoms with Crippen LogP contribution in [0.15, 0.2) is 0 Å². The molecule has 3 heteroatoms. The van der Waals surface area contributed by atoms with Crippen LogP contribution in [-0.2, 0) is 9.59 Å². The summed E-state index contributed by atoms with van der Waals surface area (Å²) >= 11 is 0. The van der Waals surface area contributed by atoms with Gasteiger partial charge in [0.25, 0.3) is 0 Å². The quantitative estimate of drug-likeness (QED) is 0.582. The molecule has 0 radical (unpaired) electrons. The smallest absolute Gasteiger partial charge is 0.144 e. The number of rotatable bonds is 5. The van der Waals surface area contributed by atoms with E-state index in [9.17, 15) is 9.59 Å². The van der Waals surface area contributed by atoms with Crippen molar-refractivity contribution in [1.29, 1.82) is 5.26 Å². The third-order valence-electron chi connectivity index (χ3n) is 1.77. The Morgan fingerprint density at radius 2 is 1.67 bits per heavy atom. The molecule has 0 fully saturated rings. The maximum Gasteiger partial charge on any atom is 0.144 e. The topological polar surface area (TPSA) is 57.9 Å². The number of carbonyl (C=O) groups excluding carboxylic acids is 2. The summed E-state index contributed by atoms with van der Waals surface area (Å²) in [5, 5.41) is 8.37. The first-order chi connectivity index (χ1) is 5.67. The molecule has 0 aromatic rings. The molecule has 3 nitrogen and oxygen atoms in total. The Hall–Kier alpha value is -1.17. The fourth-order valence-electron chi connectivity index (χ4n) is 0.991. The minimum atomic E-state index is -0.676. The second-order valence-electron chi connectivity index (χ2n) is 2.55. The van der Waals surface area contributed by atoms with Crippen molar-refractivity contribution in [3.63, 3.8) is 0 Å². The van der Waals surface area contributed by atoms with Crippen LogP contribution < -0.4 is 0 Å². The van der Waals surface area contributed by atoms with E-state index in [-0.39, 0.29) is 18.0 Å². The maximum atomic E-state index is 11.1. The summed E-state index contributed by atoms with van der Waals surface area (Å²) < 4.78 is 0. The second-order valence-corrected chi connectivity index (χ2v) is 2.55. The van der Waals surface area contributed by atoms with Gasteiger partial charge in [-0.15, -0.1) is 0 Å². The van der Waals surface area contributed by atoms with Crippen LogP contribution in [-0.4, -0.2) is 11.6 Å². The van der Waals surface area contributed by atoms with Gasteiger partial charge in [0.2, 0.25) is 0 Å². The van der Waals surface area contributed by atoms with E-state index in [4.69, 9.17) is 5.26 Å². The minimum Gasteiger partial charge on any atom is -0.299 e. The fraction of sp³-hybridized carbons (Fsp3) is 0.667. The summed E-state index contributed by atoms with van der Waals surface area (Å²) in [6, 6.07) is 1.86. The normalized spacial score (nSPS) is 9.50. The first-order valence-corrected chi connectivity index (χ1v) is 4.09. The van der Waals surface area contributed by atoms with Gasteiger partial charge < -0.3 is 0 Å². The number of hydrogen-bond donors (Lipinski definition) is 0. The Labute approximate surface area is 72.4 Å². The number of carbonyl (C=O) groups is 2. The van der Waals surface area contributed by atoms with Crippen molar-refractivity contribution in [2.24, 2.45) is 5.92 Å². The van der Waals surface area contributed by atoms with E-state index >= 15 is 0 Å². The highest BCUT2D eigenvalue weighted by molar-refractivity contribution is 6.02. The Balaban J connectivity index is 4.34. The summed E-state index contributed by atoms with van der Waals surface area (Å²) in [5.41, 5.74) is 0. The van der Waals surface area contributed by atoms with E-state index in [2.05, 4.69) is 0 Å². The molecule has 0 amide bonds. The lowest BCUT2D eigenvalue weighted by atomic mass is 9.93. The molecule has 0 N–H and O–H groups in total. The molecule has 0 heterocycles. The van der Waals surface area contributed by atoms with Crippen LogP contribution in [0, 0.1) is 17.2 Å². The lowest BCUT2D eigenvalue weighted by Crippen LogP contribution is -2.22. The van der Waals surface area contributed by atoms with Crippen molar-refractivity contribution in [2.75, 3.05) is 0 Å². The summed E-state index contributed by atoms with van der Waals surface area (Å²) in [6.45, 7) is 3.41. The number of Topliss-reactive ketones (excluding diaryl/α,β-unsaturated/α-hetero) is 2. The number of nitriles is 1. The van der Waals surface area contributed by atoms with Gasteiger partial charge in [-0.1, -0.05) is 13.8 Å². The van der Waals surface area contributed by atoms with Crippen molar-refractivity contribution in [3.05, 3.63) is 0 Å². The molecule has 0 saturated heterocycles. The van der Waals surface area contributed by atoms with Gasteiger partial charge in [0.05, 0.1) is 18.4 Å². The Kier molecular flexibility index (Phi) is 4.94. The van der Waals surface area contributed by atoms with Crippen LogP contribution >= 0.6 is 0 Å². The van der Waals surface area contributed by atoms with Crippen LogP contribution in [0.3, 0.4) is 0 Å². The summed E-state index contributed by atoms with van der Waals surface area (Å²) in [6.07, 6.45) is 0.690. The van der Waals surface area contributed by atoms with Crippen LogP contribution in [0.25, 0.3) is 0 Å². The van der Waals surface area contributed by atoms with Gasteiger partial charge in [0, 0.05) is 12.8 Å². The monoisotopic (exact) mass is 167 g/mol. The SMILES string of the molecule is CCC(=O)C(CC#N)C(=O)CC. The minimum absolute atomic E-state index is 0.0271. The van der Waals surface area contributed by atoms with Crippen molar-refractivity contribution in [2.45, 2.75) is 33.1 Å². The van der Waals surface area contributed by atoms with Crippen LogP contribution in [0.4, 0.5) is 0 Å². The molecule has 0 aromatic heterocycles. The highest BCUT2D eigenvalue weighted by Gasteiger charge is 2.22. The maximum absolute atomic E-state index is 11.1. The number of hydrogen-bond acceptors (Lipinski definition) is 3. The van der Waals surface area contributed by atoms with Gasteiger partial charge in [-0.2, -0.15) is 5.26 Å². The van der Waals surface area contributed by atoms with Crippen molar-refractivity contribution in [3.8, 4) is 6.07 Å². The third kappa shape index (κ3) is 2.83. The summed E-state index contributed by atoms with van der Waals surface area (Å²) in [5.74, 6) is -0.920. The fourth-order valence-corrected chi connectivity index (χ4v) is 0.991. The second kappa shape index (κ2) is 5.48. The predicted octanol–water partition coefficient (Wildman–Crippen LogP) is 1.47. The van der Waals surface area contributed by atoms with Crippen LogP contribution in [0.2, 0.25) is 0 Å².